The Balaban J connectivity index is 2.02. The van der Waals surface area contributed by atoms with E-state index in [4.69, 9.17) is 23.2 Å². The Labute approximate surface area is 135 Å². The summed E-state index contributed by atoms with van der Waals surface area (Å²) in [7, 11) is -3.49. The average molecular weight is 344 g/mol. The molecule has 112 valence electrons. The van der Waals surface area contributed by atoms with Gasteiger partial charge in [0.15, 0.2) is 0 Å². The zero-order valence-corrected chi connectivity index (χ0v) is 13.8. The van der Waals surface area contributed by atoms with Gasteiger partial charge in [-0.05, 0) is 48.7 Å². The van der Waals surface area contributed by atoms with Gasteiger partial charge in [-0.2, -0.15) is 0 Å². The highest BCUT2D eigenvalue weighted by Crippen LogP contribution is 2.21. The van der Waals surface area contributed by atoms with E-state index in [0.29, 0.717) is 16.5 Å². The van der Waals surface area contributed by atoms with Crippen LogP contribution in [0.1, 0.15) is 11.1 Å². The van der Waals surface area contributed by atoms with E-state index in [0.717, 1.165) is 11.1 Å². The SMILES string of the molecule is Cc1cccc(S(=O)(=O)NCCc2ccc(Cl)cc2Cl)c1. The van der Waals surface area contributed by atoms with E-state index in [1.807, 2.05) is 13.0 Å². The minimum absolute atomic E-state index is 0.268. The van der Waals surface area contributed by atoms with Crippen molar-refractivity contribution in [3.05, 3.63) is 63.6 Å². The highest BCUT2D eigenvalue weighted by Gasteiger charge is 2.13. The molecule has 2 aromatic carbocycles. The Morgan fingerprint density at radius 3 is 2.52 bits per heavy atom. The van der Waals surface area contributed by atoms with Crippen molar-refractivity contribution in [3.63, 3.8) is 0 Å². The van der Waals surface area contributed by atoms with Crippen molar-refractivity contribution in [3.8, 4) is 0 Å². The van der Waals surface area contributed by atoms with E-state index >= 15 is 0 Å². The fraction of sp³-hybridized carbons (Fsp3) is 0.200. The lowest BCUT2D eigenvalue weighted by Gasteiger charge is -2.08. The molecule has 21 heavy (non-hydrogen) atoms. The van der Waals surface area contributed by atoms with Gasteiger partial charge in [-0.1, -0.05) is 41.4 Å². The number of halogens is 2. The van der Waals surface area contributed by atoms with Crippen LogP contribution in [0.5, 0.6) is 0 Å². The lowest BCUT2D eigenvalue weighted by molar-refractivity contribution is 0.581. The molecule has 0 heterocycles. The maximum atomic E-state index is 12.1. The molecule has 0 aliphatic carbocycles. The van der Waals surface area contributed by atoms with E-state index < -0.39 is 10.0 Å². The van der Waals surface area contributed by atoms with Gasteiger partial charge in [-0.3, -0.25) is 0 Å². The van der Waals surface area contributed by atoms with Crippen LogP contribution in [0.15, 0.2) is 47.4 Å². The third kappa shape index (κ3) is 4.45. The monoisotopic (exact) mass is 343 g/mol. The summed E-state index contributed by atoms with van der Waals surface area (Å²) in [5.74, 6) is 0. The molecular formula is C15H15Cl2NO2S. The Bertz CT molecular complexity index is 745. The predicted octanol–water partition coefficient (Wildman–Crippen LogP) is 3.82. The fourth-order valence-electron chi connectivity index (χ4n) is 1.91. The van der Waals surface area contributed by atoms with Gasteiger partial charge in [0, 0.05) is 16.6 Å². The quantitative estimate of drug-likeness (QED) is 0.896. The molecule has 2 aromatic rings. The number of benzene rings is 2. The third-order valence-electron chi connectivity index (χ3n) is 3.00. The molecule has 0 amide bonds. The predicted molar refractivity (Wildman–Crippen MR) is 86.5 cm³/mol. The van der Waals surface area contributed by atoms with Gasteiger partial charge in [-0.15, -0.1) is 0 Å². The molecule has 0 unspecified atom stereocenters. The first-order valence-corrected chi connectivity index (χ1v) is 8.63. The normalized spacial score (nSPS) is 11.6. The molecule has 1 N–H and O–H groups in total. The van der Waals surface area contributed by atoms with Crippen LogP contribution in [0, 0.1) is 6.92 Å². The smallest absolute Gasteiger partial charge is 0.211 e. The third-order valence-corrected chi connectivity index (χ3v) is 5.05. The van der Waals surface area contributed by atoms with Crippen molar-refractivity contribution < 1.29 is 8.42 Å². The Morgan fingerprint density at radius 1 is 1.10 bits per heavy atom. The molecule has 2 rings (SSSR count). The number of rotatable bonds is 5. The summed E-state index contributed by atoms with van der Waals surface area (Å²) in [5, 5.41) is 1.10. The first-order chi connectivity index (χ1) is 9.88. The van der Waals surface area contributed by atoms with E-state index in [1.54, 1.807) is 36.4 Å². The van der Waals surface area contributed by atoms with Crippen molar-refractivity contribution in [2.75, 3.05) is 6.54 Å². The Kier molecular flexibility index (Phi) is 5.27. The molecule has 0 saturated carbocycles. The summed E-state index contributed by atoms with van der Waals surface area (Å²) in [5.41, 5.74) is 1.76. The van der Waals surface area contributed by atoms with Gasteiger partial charge >= 0.3 is 0 Å². The Morgan fingerprint density at radius 2 is 1.86 bits per heavy atom. The highest BCUT2D eigenvalue weighted by atomic mass is 35.5. The van der Waals surface area contributed by atoms with Gasteiger partial charge in [0.05, 0.1) is 4.90 Å². The summed E-state index contributed by atoms with van der Waals surface area (Å²) < 4.78 is 26.9. The second kappa shape index (κ2) is 6.79. The largest absolute Gasteiger partial charge is 0.240 e. The molecule has 6 heteroatoms. The number of hydrogen-bond donors (Lipinski definition) is 1. The van der Waals surface area contributed by atoms with Gasteiger partial charge in [0.2, 0.25) is 10.0 Å². The van der Waals surface area contributed by atoms with Crippen molar-refractivity contribution in [1.29, 1.82) is 0 Å². The molecule has 0 aliphatic heterocycles. The summed E-state index contributed by atoms with van der Waals surface area (Å²) in [6.07, 6.45) is 0.501. The van der Waals surface area contributed by atoms with Crippen LogP contribution in [-0.2, 0) is 16.4 Å². The molecule has 0 aromatic heterocycles. The molecule has 0 spiro atoms. The van der Waals surface area contributed by atoms with Crippen LogP contribution >= 0.6 is 23.2 Å². The van der Waals surface area contributed by atoms with E-state index in [1.165, 1.54) is 0 Å². The molecule has 0 radical (unpaired) electrons. The standard InChI is InChI=1S/C15H15Cl2NO2S/c1-11-3-2-4-14(9-11)21(19,20)18-8-7-12-5-6-13(16)10-15(12)17/h2-6,9-10,18H,7-8H2,1H3. The summed E-state index contributed by atoms with van der Waals surface area (Å²) in [6.45, 7) is 2.13. The van der Waals surface area contributed by atoms with Gasteiger partial charge in [0.1, 0.15) is 0 Å². The number of hydrogen-bond acceptors (Lipinski definition) is 2. The summed E-state index contributed by atoms with van der Waals surface area (Å²) in [6, 6.07) is 12.0. The second-order valence-electron chi connectivity index (χ2n) is 4.70. The minimum atomic E-state index is -3.49. The number of nitrogens with one attached hydrogen (secondary N) is 1. The van der Waals surface area contributed by atoms with Crippen molar-refractivity contribution >= 4 is 33.2 Å². The fourth-order valence-corrected chi connectivity index (χ4v) is 3.55. The second-order valence-corrected chi connectivity index (χ2v) is 7.31. The Hall–Kier alpha value is -1.07. The van der Waals surface area contributed by atoms with Crippen LogP contribution in [0.25, 0.3) is 0 Å². The van der Waals surface area contributed by atoms with E-state index in [2.05, 4.69) is 4.72 Å². The highest BCUT2D eigenvalue weighted by molar-refractivity contribution is 7.89. The maximum Gasteiger partial charge on any atom is 0.240 e. The first-order valence-electron chi connectivity index (χ1n) is 6.39. The van der Waals surface area contributed by atoms with Gasteiger partial charge < -0.3 is 0 Å². The lowest BCUT2D eigenvalue weighted by Crippen LogP contribution is -2.26. The molecule has 3 nitrogen and oxygen atoms in total. The average Bonchev–Trinajstić information content (AvgIpc) is 2.41. The first kappa shape index (κ1) is 16.3. The molecule has 0 bridgehead atoms. The zero-order valence-electron chi connectivity index (χ0n) is 11.4. The molecule has 0 fully saturated rings. The lowest BCUT2D eigenvalue weighted by atomic mass is 10.1. The zero-order chi connectivity index (χ0) is 15.5. The molecule has 0 saturated heterocycles. The molecule has 0 atom stereocenters. The van der Waals surface area contributed by atoms with Crippen LogP contribution in [0.3, 0.4) is 0 Å². The van der Waals surface area contributed by atoms with Crippen LogP contribution < -0.4 is 4.72 Å². The van der Waals surface area contributed by atoms with Crippen LogP contribution in [0.2, 0.25) is 10.0 Å². The molecule has 0 aliphatic rings. The maximum absolute atomic E-state index is 12.1. The van der Waals surface area contributed by atoms with Crippen LogP contribution in [-0.4, -0.2) is 15.0 Å². The van der Waals surface area contributed by atoms with Crippen molar-refractivity contribution in [2.24, 2.45) is 0 Å². The van der Waals surface area contributed by atoms with E-state index in [9.17, 15) is 8.42 Å². The van der Waals surface area contributed by atoms with E-state index in [-0.39, 0.29) is 11.4 Å². The number of sulfonamides is 1. The molecular weight excluding hydrogens is 329 g/mol. The van der Waals surface area contributed by atoms with Crippen LogP contribution in [0.4, 0.5) is 0 Å². The topological polar surface area (TPSA) is 46.2 Å². The summed E-state index contributed by atoms with van der Waals surface area (Å²) in [4.78, 5) is 0.268. The summed E-state index contributed by atoms with van der Waals surface area (Å²) >= 11 is 11.9. The number of aryl methyl sites for hydroxylation is 1. The minimum Gasteiger partial charge on any atom is -0.211 e. The van der Waals surface area contributed by atoms with Crippen molar-refractivity contribution in [1.82, 2.24) is 4.72 Å². The van der Waals surface area contributed by atoms with Gasteiger partial charge in [0.25, 0.3) is 0 Å². The van der Waals surface area contributed by atoms with Gasteiger partial charge in [-0.25, -0.2) is 13.1 Å². The van der Waals surface area contributed by atoms with Crippen molar-refractivity contribution in [2.45, 2.75) is 18.2 Å².